The molecule has 0 heterocycles. The summed E-state index contributed by atoms with van der Waals surface area (Å²) in [6, 6.07) is -0.865. The lowest BCUT2D eigenvalue weighted by Gasteiger charge is -2.38. The molecule has 0 spiro atoms. The van der Waals surface area contributed by atoms with Crippen LogP contribution in [0.4, 0.5) is 0 Å². The van der Waals surface area contributed by atoms with Gasteiger partial charge in [0.15, 0.2) is 0 Å². The molecule has 0 aromatic heterocycles. The normalized spacial score (nSPS) is 31.1. The largest absolute Gasteiger partial charge is 0.468 e. The molecule has 6 heteroatoms. The fraction of sp³-hybridized carbons (Fsp3) is 0.941. The SMILES string of the molecule is COC(=O)[C@@H](NS(=O)(=O)CC12CCC(CC1)C2(C)C)C(C)(C)C. The maximum absolute atomic E-state index is 12.8. The summed E-state index contributed by atoms with van der Waals surface area (Å²) in [6.45, 7) is 9.91. The summed E-state index contributed by atoms with van der Waals surface area (Å²) < 4.78 is 33.0. The molecule has 0 saturated heterocycles. The Kier molecular flexibility index (Phi) is 4.66. The van der Waals surface area contributed by atoms with Crippen molar-refractivity contribution < 1.29 is 17.9 Å². The molecule has 0 amide bonds. The summed E-state index contributed by atoms with van der Waals surface area (Å²) in [4.78, 5) is 12.0. The summed E-state index contributed by atoms with van der Waals surface area (Å²) in [5, 5.41) is 0. The lowest BCUT2D eigenvalue weighted by atomic mass is 9.71. The number of hydrogen-bond acceptors (Lipinski definition) is 4. The fourth-order valence-corrected chi connectivity index (χ4v) is 6.86. The highest BCUT2D eigenvalue weighted by Gasteiger charge is 2.60. The Labute approximate surface area is 140 Å². The number of fused-ring (bicyclic) bond motifs is 2. The van der Waals surface area contributed by atoms with Crippen molar-refractivity contribution in [1.82, 2.24) is 4.72 Å². The maximum Gasteiger partial charge on any atom is 0.324 e. The second kappa shape index (κ2) is 5.73. The number of nitrogens with one attached hydrogen (secondary N) is 1. The first-order valence-corrected chi connectivity index (χ1v) is 10.1. The Morgan fingerprint density at radius 1 is 1.26 bits per heavy atom. The second-order valence-corrected chi connectivity index (χ2v) is 10.7. The van der Waals surface area contributed by atoms with Crippen LogP contribution < -0.4 is 4.72 Å². The second-order valence-electron chi connectivity index (χ2n) is 8.98. The van der Waals surface area contributed by atoms with Gasteiger partial charge >= 0.3 is 5.97 Å². The van der Waals surface area contributed by atoms with Crippen LogP contribution in [0, 0.1) is 22.2 Å². The van der Waals surface area contributed by atoms with Crippen LogP contribution in [0.5, 0.6) is 0 Å². The van der Waals surface area contributed by atoms with Gasteiger partial charge in [-0.1, -0.05) is 34.6 Å². The molecule has 0 unspecified atom stereocenters. The molecule has 0 aromatic rings. The van der Waals surface area contributed by atoms with E-state index < -0.39 is 27.4 Å². The molecule has 2 bridgehead atoms. The summed E-state index contributed by atoms with van der Waals surface area (Å²) in [5.74, 6) is 0.192. The van der Waals surface area contributed by atoms with Gasteiger partial charge in [-0.3, -0.25) is 4.79 Å². The van der Waals surface area contributed by atoms with Crippen molar-refractivity contribution in [2.75, 3.05) is 12.9 Å². The average Bonchev–Trinajstić information content (AvgIpc) is 2.78. The minimum atomic E-state index is -3.57. The summed E-state index contributed by atoms with van der Waals surface area (Å²) in [7, 11) is -2.28. The van der Waals surface area contributed by atoms with Gasteiger partial charge in [-0.2, -0.15) is 0 Å². The lowest BCUT2D eigenvalue weighted by molar-refractivity contribution is -0.145. The number of ether oxygens (including phenoxy) is 1. The van der Waals surface area contributed by atoms with Gasteiger partial charge in [0.2, 0.25) is 10.0 Å². The van der Waals surface area contributed by atoms with E-state index in [1.165, 1.54) is 7.11 Å². The molecule has 0 radical (unpaired) electrons. The van der Waals surface area contributed by atoms with Crippen LogP contribution in [0.1, 0.15) is 60.3 Å². The van der Waals surface area contributed by atoms with Crippen molar-refractivity contribution in [2.45, 2.75) is 66.3 Å². The van der Waals surface area contributed by atoms with E-state index in [1.807, 2.05) is 20.8 Å². The Bertz CT molecular complexity index is 566. The predicted molar refractivity (Wildman–Crippen MR) is 90.4 cm³/mol. The third-order valence-corrected chi connectivity index (χ3v) is 7.92. The van der Waals surface area contributed by atoms with Gasteiger partial charge in [-0.05, 0) is 47.8 Å². The molecule has 1 N–H and O–H groups in total. The van der Waals surface area contributed by atoms with Gasteiger partial charge in [-0.15, -0.1) is 0 Å². The predicted octanol–water partition coefficient (Wildman–Crippen LogP) is 2.71. The molecule has 1 atom stereocenters. The number of carbonyl (C=O) groups excluding carboxylic acids is 1. The molecule has 2 aliphatic carbocycles. The van der Waals surface area contributed by atoms with Gasteiger partial charge in [0.05, 0.1) is 12.9 Å². The van der Waals surface area contributed by atoms with Crippen molar-refractivity contribution in [3.8, 4) is 0 Å². The topological polar surface area (TPSA) is 72.5 Å². The third kappa shape index (κ3) is 3.29. The van der Waals surface area contributed by atoms with Crippen LogP contribution in [0.2, 0.25) is 0 Å². The molecule has 2 rings (SSSR count). The van der Waals surface area contributed by atoms with E-state index in [0.717, 1.165) is 25.7 Å². The molecule has 2 saturated carbocycles. The molecule has 134 valence electrons. The molecule has 0 aromatic carbocycles. The lowest BCUT2D eigenvalue weighted by Crippen LogP contribution is -2.52. The number of esters is 1. The number of methoxy groups -OCH3 is 1. The third-order valence-electron chi connectivity index (χ3n) is 6.40. The smallest absolute Gasteiger partial charge is 0.324 e. The Morgan fingerprint density at radius 2 is 1.78 bits per heavy atom. The zero-order chi connectivity index (χ0) is 17.7. The first-order valence-electron chi connectivity index (χ1n) is 8.42. The summed E-state index contributed by atoms with van der Waals surface area (Å²) in [5.41, 5.74) is -0.659. The van der Waals surface area contributed by atoms with Crippen LogP contribution in [-0.2, 0) is 19.6 Å². The van der Waals surface area contributed by atoms with Crippen molar-refractivity contribution in [3.63, 3.8) is 0 Å². The highest BCUT2D eigenvalue weighted by molar-refractivity contribution is 7.89. The van der Waals surface area contributed by atoms with Gasteiger partial charge in [0.25, 0.3) is 0 Å². The van der Waals surface area contributed by atoms with Crippen LogP contribution in [0.25, 0.3) is 0 Å². The number of sulfonamides is 1. The molecule has 23 heavy (non-hydrogen) atoms. The highest BCUT2D eigenvalue weighted by atomic mass is 32.2. The van der Waals surface area contributed by atoms with E-state index >= 15 is 0 Å². The minimum Gasteiger partial charge on any atom is -0.468 e. The van der Waals surface area contributed by atoms with Crippen LogP contribution in [0.3, 0.4) is 0 Å². The molecule has 2 fully saturated rings. The van der Waals surface area contributed by atoms with Gasteiger partial charge in [-0.25, -0.2) is 13.1 Å². The fourth-order valence-electron chi connectivity index (χ4n) is 4.58. The van der Waals surface area contributed by atoms with Crippen molar-refractivity contribution in [2.24, 2.45) is 22.2 Å². The van der Waals surface area contributed by atoms with Gasteiger partial charge in [0.1, 0.15) is 6.04 Å². The standard InChI is InChI=1S/C17H31NO4S/c1-15(2,3)13(14(19)22-6)18-23(20,21)11-17-9-7-12(8-10-17)16(17,4)5/h12-13,18H,7-11H2,1-6H3/t12?,13-,17?/m1/s1. The number of rotatable bonds is 5. The first-order chi connectivity index (χ1) is 10.3. The highest BCUT2D eigenvalue weighted by Crippen LogP contribution is 2.66. The van der Waals surface area contributed by atoms with Gasteiger partial charge in [0, 0.05) is 0 Å². The Balaban J connectivity index is 2.21. The Morgan fingerprint density at radius 3 is 2.13 bits per heavy atom. The Hall–Kier alpha value is -0.620. The molecular formula is C17H31NO4S. The summed E-state index contributed by atoms with van der Waals surface area (Å²) >= 11 is 0. The number of hydrogen-bond donors (Lipinski definition) is 1. The summed E-state index contributed by atoms with van der Waals surface area (Å²) in [6.07, 6.45) is 4.15. The quantitative estimate of drug-likeness (QED) is 0.778. The van der Waals surface area contributed by atoms with E-state index in [4.69, 9.17) is 4.74 Å². The van der Waals surface area contributed by atoms with Gasteiger partial charge < -0.3 is 4.74 Å². The van der Waals surface area contributed by atoms with Crippen molar-refractivity contribution >= 4 is 16.0 Å². The average molecular weight is 346 g/mol. The van der Waals surface area contributed by atoms with E-state index in [2.05, 4.69) is 18.6 Å². The van der Waals surface area contributed by atoms with E-state index in [0.29, 0.717) is 5.92 Å². The van der Waals surface area contributed by atoms with E-state index in [1.54, 1.807) is 0 Å². The molecule has 2 aliphatic rings. The van der Waals surface area contributed by atoms with Crippen molar-refractivity contribution in [1.29, 1.82) is 0 Å². The van der Waals surface area contributed by atoms with Crippen LogP contribution in [-0.4, -0.2) is 33.3 Å². The first kappa shape index (κ1) is 18.7. The minimum absolute atomic E-state index is 0.0459. The number of carbonyl (C=O) groups is 1. The van der Waals surface area contributed by atoms with Crippen LogP contribution >= 0.6 is 0 Å². The zero-order valence-corrected chi connectivity index (χ0v) is 16.0. The zero-order valence-electron chi connectivity index (χ0n) is 15.2. The van der Waals surface area contributed by atoms with E-state index in [-0.39, 0.29) is 16.6 Å². The monoisotopic (exact) mass is 345 g/mol. The van der Waals surface area contributed by atoms with Crippen LogP contribution in [0.15, 0.2) is 0 Å². The van der Waals surface area contributed by atoms with E-state index in [9.17, 15) is 13.2 Å². The molecule has 0 aliphatic heterocycles. The maximum atomic E-state index is 12.8. The molecular weight excluding hydrogens is 314 g/mol. The molecule has 5 nitrogen and oxygen atoms in total. The van der Waals surface area contributed by atoms with Crippen molar-refractivity contribution in [3.05, 3.63) is 0 Å².